The van der Waals surface area contributed by atoms with Crippen molar-refractivity contribution < 1.29 is 9.21 Å². The van der Waals surface area contributed by atoms with Crippen LogP contribution in [0.3, 0.4) is 0 Å². The molecule has 0 aromatic carbocycles. The molecule has 1 saturated heterocycles. The summed E-state index contributed by atoms with van der Waals surface area (Å²) in [5, 5.41) is 0. The maximum atomic E-state index is 12.1. The first kappa shape index (κ1) is 11.9. The summed E-state index contributed by atoms with van der Waals surface area (Å²) < 4.78 is 4.70. The summed E-state index contributed by atoms with van der Waals surface area (Å²) in [4.78, 5) is 26.9. The van der Waals surface area contributed by atoms with Gasteiger partial charge in [-0.1, -0.05) is 6.92 Å². The SMILES string of the molecule is CCN1CCN(C(=O)c2ccc(=O)oc2)CC1. The van der Waals surface area contributed by atoms with Crippen molar-refractivity contribution in [1.82, 2.24) is 9.80 Å². The van der Waals surface area contributed by atoms with Gasteiger partial charge in [0.2, 0.25) is 0 Å². The van der Waals surface area contributed by atoms with Crippen molar-refractivity contribution in [1.29, 1.82) is 0 Å². The van der Waals surface area contributed by atoms with E-state index in [2.05, 4.69) is 11.8 Å². The first-order chi connectivity index (χ1) is 8.20. The number of carbonyl (C=O) groups excluding carboxylic acids is 1. The molecule has 1 aliphatic rings. The van der Waals surface area contributed by atoms with E-state index >= 15 is 0 Å². The van der Waals surface area contributed by atoms with Crippen LogP contribution in [0.2, 0.25) is 0 Å². The maximum absolute atomic E-state index is 12.1. The minimum absolute atomic E-state index is 0.0653. The Hall–Kier alpha value is -1.62. The smallest absolute Gasteiger partial charge is 0.335 e. The third kappa shape index (κ3) is 2.74. The second-order valence-electron chi connectivity index (χ2n) is 4.07. The molecule has 17 heavy (non-hydrogen) atoms. The number of hydrogen-bond donors (Lipinski definition) is 0. The standard InChI is InChI=1S/C12H16N2O3/c1-2-13-5-7-14(8-6-13)12(16)10-3-4-11(15)17-9-10/h3-4,9H,2,5-8H2,1H3. The molecule has 0 aliphatic carbocycles. The van der Waals surface area contributed by atoms with Crippen molar-refractivity contribution in [3.63, 3.8) is 0 Å². The van der Waals surface area contributed by atoms with Crippen LogP contribution in [-0.2, 0) is 0 Å². The number of piperazine rings is 1. The molecule has 1 aliphatic heterocycles. The summed E-state index contributed by atoms with van der Waals surface area (Å²) in [5.41, 5.74) is 0.00639. The first-order valence-corrected chi connectivity index (χ1v) is 5.81. The van der Waals surface area contributed by atoms with E-state index in [0.717, 1.165) is 32.7 Å². The second-order valence-corrected chi connectivity index (χ2v) is 4.07. The molecular weight excluding hydrogens is 220 g/mol. The Morgan fingerprint density at radius 3 is 2.53 bits per heavy atom. The van der Waals surface area contributed by atoms with Crippen LogP contribution in [0, 0.1) is 0 Å². The van der Waals surface area contributed by atoms with Crippen molar-refractivity contribution in [2.45, 2.75) is 6.92 Å². The molecule has 1 fully saturated rings. The molecule has 1 aromatic rings. The van der Waals surface area contributed by atoms with Crippen LogP contribution in [0.1, 0.15) is 17.3 Å². The van der Waals surface area contributed by atoms with E-state index in [4.69, 9.17) is 4.42 Å². The highest BCUT2D eigenvalue weighted by Crippen LogP contribution is 2.07. The minimum Gasteiger partial charge on any atom is -0.430 e. The molecule has 5 nitrogen and oxygen atoms in total. The van der Waals surface area contributed by atoms with E-state index in [1.807, 2.05) is 0 Å². The predicted octanol–water partition coefficient (Wildman–Crippen LogP) is 0.417. The summed E-state index contributed by atoms with van der Waals surface area (Å²) >= 11 is 0. The first-order valence-electron chi connectivity index (χ1n) is 5.81. The normalized spacial score (nSPS) is 17.1. The van der Waals surface area contributed by atoms with E-state index < -0.39 is 5.63 Å². The molecule has 0 unspecified atom stereocenters. The van der Waals surface area contributed by atoms with E-state index in [1.165, 1.54) is 18.4 Å². The Morgan fingerprint density at radius 1 is 1.29 bits per heavy atom. The second kappa shape index (κ2) is 5.14. The van der Waals surface area contributed by atoms with E-state index in [-0.39, 0.29) is 5.91 Å². The van der Waals surface area contributed by atoms with Crippen LogP contribution in [-0.4, -0.2) is 48.4 Å². The average Bonchev–Trinajstić information content (AvgIpc) is 2.39. The minimum atomic E-state index is -0.433. The summed E-state index contributed by atoms with van der Waals surface area (Å²) in [5.74, 6) is -0.0653. The van der Waals surface area contributed by atoms with Crippen molar-refractivity contribution in [2.24, 2.45) is 0 Å². The number of likely N-dealkylation sites (N-methyl/N-ethyl adjacent to an activating group) is 1. The molecule has 0 spiro atoms. The lowest BCUT2D eigenvalue weighted by molar-refractivity contribution is 0.0640. The monoisotopic (exact) mass is 236 g/mol. The largest absolute Gasteiger partial charge is 0.430 e. The van der Waals surface area contributed by atoms with E-state index in [9.17, 15) is 9.59 Å². The van der Waals surface area contributed by atoms with Crippen LogP contribution in [0.5, 0.6) is 0 Å². The molecule has 1 aromatic heterocycles. The number of carbonyl (C=O) groups is 1. The van der Waals surface area contributed by atoms with Crippen molar-refractivity contribution in [3.05, 3.63) is 34.4 Å². The van der Waals surface area contributed by atoms with Gasteiger partial charge in [0.05, 0.1) is 5.56 Å². The average molecular weight is 236 g/mol. The van der Waals surface area contributed by atoms with Gasteiger partial charge in [-0.05, 0) is 12.6 Å². The fourth-order valence-electron chi connectivity index (χ4n) is 1.93. The lowest BCUT2D eigenvalue weighted by atomic mass is 10.2. The molecule has 5 heteroatoms. The van der Waals surface area contributed by atoms with Gasteiger partial charge < -0.3 is 14.2 Å². The Kier molecular flexibility index (Phi) is 3.58. The molecule has 0 radical (unpaired) electrons. The Balaban J connectivity index is 2.01. The fraction of sp³-hybridized carbons (Fsp3) is 0.500. The zero-order chi connectivity index (χ0) is 12.3. The fourth-order valence-corrected chi connectivity index (χ4v) is 1.93. The van der Waals surface area contributed by atoms with Crippen molar-refractivity contribution in [3.8, 4) is 0 Å². The van der Waals surface area contributed by atoms with Gasteiger partial charge in [-0.3, -0.25) is 4.79 Å². The number of rotatable bonds is 2. The number of nitrogens with zero attached hydrogens (tertiary/aromatic N) is 2. The maximum Gasteiger partial charge on any atom is 0.335 e. The Labute approximate surface area is 99.6 Å². The summed E-state index contributed by atoms with van der Waals surface area (Å²) in [6.07, 6.45) is 1.23. The van der Waals surface area contributed by atoms with Crippen LogP contribution in [0.15, 0.2) is 27.6 Å². The molecular formula is C12H16N2O3. The lowest BCUT2D eigenvalue weighted by Crippen LogP contribution is -2.48. The van der Waals surface area contributed by atoms with Gasteiger partial charge in [-0.25, -0.2) is 4.79 Å². The molecule has 0 atom stereocenters. The number of amides is 1. The highest BCUT2D eigenvalue weighted by molar-refractivity contribution is 5.93. The van der Waals surface area contributed by atoms with Crippen LogP contribution in [0.4, 0.5) is 0 Å². The summed E-state index contributed by atoms with van der Waals surface area (Å²) in [6.45, 7) is 6.39. The van der Waals surface area contributed by atoms with Crippen molar-refractivity contribution in [2.75, 3.05) is 32.7 Å². The highest BCUT2D eigenvalue weighted by atomic mass is 16.4. The van der Waals surface area contributed by atoms with Gasteiger partial charge in [0.15, 0.2) is 0 Å². The molecule has 0 N–H and O–H groups in total. The highest BCUT2D eigenvalue weighted by Gasteiger charge is 2.21. The Morgan fingerprint density at radius 2 is 2.00 bits per heavy atom. The zero-order valence-electron chi connectivity index (χ0n) is 9.89. The van der Waals surface area contributed by atoms with Gasteiger partial charge in [0, 0.05) is 32.2 Å². The van der Waals surface area contributed by atoms with Crippen LogP contribution >= 0.6 is 0 Å². The quantitative estimate of drug-likeness (QED) is 0.746. The van der Waals surface area contributed by atoms with Gasteiger partial charge in [-0.2, -0.15) is 0 Å². The van der Waals surface area contributed by atoms with E-state index in [0.29, 0.717) is 5.56 Å². The van der Waals surface area contributed by atoms with Gasteiger partial charge >= 0.3 is 5.63 Å². The molecule has 0 bridgehead atoms. The van der Waals surface area contributed by atoms with Gasteiger partial charge in [0.25, 0.3) is 5.91 Å². The van der Waals surface area contributed by atoms with Crippen LogP contribution in [0.25, 0.3) is 0 Å². The Bertz CT molecular complexity index is 427. The number of hydrogen-bond acceptors (Lipinski definition) is 4. The topological polar surface area (TPSA) is 53.8 Å². The van der Waals surface area contributed by atoms with Crippen molar-refractivity contribution >= 4 is 5.91 Å². The van der Waals surface area contributed by atoms with E-state index in [1.54, 1.807) is 4.90 Å². The lowest BCUT2D eigenvalue weighted by Gasteiger charge is -2.33. The molecule has 0 saturated carbocycles. The molecule has 2 heterocycles. The van der Waals surface area contributed by atoms with Crippen LogP contribution < -0.4 is 5.63 Å². The summed E-state index contributed by atoms with van der Waals surface area (Å²) in [6, 6.07) is 2.79. The van der Waals surface area contributed by atoms with Gasteiger partial charge in [0.1, 0.15) is 6.26 Å². The predicted molar refractivity (Wildman–Crippen MR) is 63.0 cm³/mol. The zero-order valence-corrected chi connectivity index (χ0v) is 9.89. The summed E-state index contributed by atoms with van der Waals surface area (Å²) in [7, 11) is 0. The molecule has 92 valence electrons. The third-order valence-corrected chi connectivity index (χ3v) is 3.05. The molecule has 2 rings (SSSR count). The third-order valence-electron chi connectivity index (χ3n) is 3.05. The molecule has 1 amide bonds. The van der Waals surface area contributed by atoms with Gasteiger partial charge in [-0.15, -0.1) is 0 Å².